The van der Waals surface area contributed by atoms with Crippen molar-refractivity contribution in [2.75, 3.05) is 6.61 Å². The van der Waals surface area contributed by atoms with Crippen LogP contribution in [0.25, 0.3) is 0 Å². The number of hydrogen-bond donors (Lipinski definition) is 1. The van der Waals surface area contributed by atoms with Crippen molar-refractivity contribution in [3.8, 4) is 5.75 Å². The number of benzene rings is 1. The highest BCUT2D eigenvalue weighted by molar-refractivity contribution is 5.95. The zero-order chi connectivity index (χ0) is 16.5. The normalized spacial score (nSPS) is 10.6. The molecule has 1 aromatic carbocycles. The minimum absolute atomic E-state index is 0.104. The Morgan fingerprint density at radius 3 is 2.14 bits per heavy atom. The fraction of sp³-hybridized carbons (Fsp3) is 0.500. The van der Waals surface area contributed by atoms with E-state index in [9.17, 15) is 4.79 Å². The zero-order valence-electron chi connectivity index (χ0n) is 13.8. The molecule has 0 spiro atoms. The molecule has 0 saturated carbocycles. The van der Waals surface area contributed by atoms with Gasteiger partial charge in [0.15, 0.2) is 5.78 Å². The van der Waals surface area contributed by atoms with Crippen LogP contribution in [0.1, 0.15) is 41.0 Å². The molecule has 3 nitrogen and oxygen atoms in total. The number of allylic oxidation sites excluding steroid dienone is 1. The van der Waals surface area contributed by atoms with E-state index in [2.05, 4.69) is 6.58 Å². The Hall–Kier alpha value is -1.61. The van der Waals surface area contributed by atoms with Crippen molar-refractivity contribution >= 4 is 5.78 Å². The molecule has 0 aromatic heterocycles. The third kappa shape index (κ3) is 9.03. The fourth-order valence-electron chi connectivity index (χ4n) is 1.62. The third-order valence-electron chi connectivity index (χ3n) is 2.80. The molecule has 0 heterocycles. The molecule has 1 rings (SSSR count). The van der Waals surface area contributed by atoms with E-state index >= 15 is 0 Å². The summed E-state index contributed by atoms with van der Waals surface area (Å²) >= 11 is 0. The summed E-state index contributed by atoms with van der Waals surface area (Å²) in [7, 11) is 0. The molecule has 1 N–H and O–H groups in total. The van der Waals surface area contributed by atoms with Gasteiger partial charge in [-0.1, -0.05) is 38.6 Å². The molecule has 0 fully saturated rings. The number of rotatable bonds is 6. The standard InChI is InChI=1S/C11H16O2.C7H12O/c1-11(2,8-9-12)13-10-6-4-3-5-7-10;1-5(2)7(8)6(3)4/h3-7,12H,8-9H2,1-2H3;6H,1H2,2-4H3. The lowest BCUT2D eigenvalue weighted by Gasteiger charge is -2.25. The highest BCUT2D eigenvalue weighted by atomic mass is 16.5. The van der Waals surface area contributed by atoms with E-state index in [0.29, 0.717) is 12.0 Å². The minimum atomic E-state index is -0.296. The van der Waals surface area contributed by atoms with Crippen molar-refractivity contribution in [1.82, 2.24) is 0 Å². The van der Waals surface area contributed by atoms with Crippen LogP contribution in [0.15, 0.2) is 42.5 Å². The summed E-state index contributed by atoms with van der Waals surface area (Å²) in [5.74, 6) is 1.11. The summed E-state index contributed by atoms with van der Waals surface area (Å²) in [6.45, 7) is 13.1. The van der Waals surface area contributed by atoms with Crippen molar-refractivity contribution in [3.05, 3.63) is 42.5 Å². The lowest BCUT2D eigenvalue weighted by atomic mass is 10.0. The number of para-hydroxylation sites is 1. The van der Waals surface area contributed by atoms with Crippen LogP contribution in [0.2, 0.25) is 0 Å². The molecular weight excluding hydrogens is 264 g/mol. The van der Waals surface area contributed by atoms with Crippen LogP contribution >= 0.6 is 0 Å². The molecule has 21 heavy (non-hydrogen) atoms. The maximum Gasteiger partial charge on any atom is 0.160 e. The lowest BCUT2D eigenvalue weighted by molar-refractivity contribution is -0.118. The Morgan fingerprint density at radius 2 is 1.81 bits per heavy atom. The average molecular weight is 292 g/mol. The molecule has 0 radical (unpaired) electrons. The second-order valence-electron chi connectivity index (χ2n) is 5.95. The molecule has 118 valence electrons. The van der Waals surface area contributed by atoms with E-state index in [4.69, 9.17) is 9.84 Å². The van der Waals surface area contributed by atoms with Gasteiger partial charge < -0.3 is 9.84 Å². The maximum atomic E-state index is 10.7. The van der Waals surface area contributed by atoms with Crippen molar-refractivity contribution < 1.29 is 14.6 Å². The van der Waals surface area contributed by atoms with E-state index in [1.165, 1.54) is 0 Å². The minimum Gasteiger partial charge on any atom is -0.488 e. The van der Waals surface area contributed by atoms with Crippen LogP contribution < -0.4 is 4.74 Å². The number of Topliss-reactive ketones (excluding diaryl/α,β-unsaturated/α-hetero) is 1. The molecule has 0 bridgehead atoms. The number of aliphatic hydroxyl groups is 1. The van der Waals surface area contributed by atoms with Crippen molar-refractivity contribution in [2.24, 2.45) is 5.92 Å². The molecule has 0 aliphatic rings. The number of aliphatic hydroxyl groups excluding tert-OH is 1. The Morgan fingerprint density at radius 1 is 1.29 bits per heavy atom. The van der Waals surface area contributed by atoms with Gasteiger partial charge in [-0.25, -0.2) is 0 Å². The summed E-state index contributed by atoms with van der Waals surface area (Å²) in [4.78, 5) is 10.7. The Kier molecular flexibility index (Phi) is 8.63. The van der Waals surface area contributed by atoms with E-state index in [1.54, 1.807) is 6.92 Å². The third-order valence-corrected chi connectivity index (χ3v) is 2.80. The first kappa shape index (κ1) is 19.4. The monoisotopic (exact) mass is 292 g/mol. The van der Waals surface area contributed by atoms with Crippen molar-refractivity contribution in [1.29, 1.82) is 0 Å². The molecule has 0 amide bonds. The van der Waals surface area contributed by atoms with Crippen LogP contribution in [0.4, 0.5) is 0 Å². The summed E-state index contributed by atoms with van der Waals surface area (Å²) in [6.07, 6.45) is 0.641. The van der Waals surface area contributed by atoms with Gasteiger partial charge in [-0.3, -0.25) is 4.79 Å². The van der Waals surface area contributed by atoms with Crippen molar-refractivity contribution in [2.45, 2.75) is 46.6 Å². The molecule has 0 unspecified atom stereocenters. The molecule has 3 heteroatoms. The smallest absolute Gasteiger partial charge is 0.160 e. The van der Waals surface area contributed by atoms with Crippen LogP contribution in [-0.4, -0.2) is 23.1 Å². The molecule has 0 aliphatic heterocycles. The molecule has 0 atom stereocenters. The Bertz CT molecular complexity index is 433. The van der Waals surface area contributed by atoms with Crippen LogP contribution in [0.3, 0.4) is 0 Å². The summed E-state index contributed by atoms with van der Waals surface area (Å²) in [6, 6.07) is 9.65. The van der Waals surface area contributed by atoms with Crippen LogP contribution in [0, 0.1) is 5.92 Å². The van der Waals surface area contributed by atoms with E-state index in [0.717, 1.165) is 5.75 Å². The number of hydrogen-bond acceptors (Lipinski definition) is 3. The number of ketones is 1. The SMILES string of the molecule is C=C(C)C(=O)C(C)C.CC(C)(CCO)Oc1ccccc1. The summed E-state index contributed by atoms with van der Waals surface area (Å²) < 4.78 is 5.68. The first-order valence-corrected chi connectivity index (χ1v) is 7.24. The highest BCUT2D eigenvalue weighted by Crippen LogP contribution is 2.19. The predicted molar refractivity (Wildman–Crippen MR) is 87.5 cm³/mol. The summed E-state index contributed by atoms with van der Waals surface area (Å²) in [5, 5.41) is 8.80. The number of carbonyl (C=O) groups excluding carboxylic acids is 1. The molecule has 1 aromatic rings. The van der Waals surface area contributed by atoms with Crippen molar-refractivity contribution in [3.63, 3.8) is 0 Å². The average Bonchev–Trinajstić information content (AvgIpc) is 2.38. The van der Waals surface area contributed by atoms with Gasteiger partial charge in [0, 0.05) is 18.9 Å². The summed E-state index contributed by atoms with van der Waals surface area (Å²) in [5.41, 5.74) is 0.357. The van der Waals surface area contributed by atoms with Gasteiger partial charge >= 0.3 is 0 Å². The van der Waals surface area contributed by atoms with Gasteiger partial charge in [0.2, 0.25) is 0 Å². The van der Waals surface area contributed by atoms with Gasteiger partial charge in [0.25, 0.3) is 0 Å². The highest BCUT2D eigenvalue weighted by Gasteiger charge is 2.18. The lowest BCUT2D eigenvalue weighted by Crippen LogP contribution is -2.29. The molecule has 0 saturated heterocycles. The van der Waals surface area contributed by atoms with Gasteiger partial charge in [0.05, 0.1) is 0 Å². The largest absolute Gasteiger partial charge is 0.488 e. The van der Waals surface area contributed by atoms with Gasteiger partial charge in [-0.05, 0) is 38.5 Å². The Labute approximate surface area is 128 Å². The maximum absolute atomic E-state index is 10.7. The first-order valence-electron chi connectivity index (χ1n) is 7.24. The second kappa shape index (κ2) is 9.35. The first-order chi connectivity index (χ1) is 9.69. The van der Waals surface area contributed by atoms with Crippen LogP contribution in [0.5, 0.6) is 5.75 Å². The van der Waals surface area contributed by atoms with E-state index < -0.39 is 0 Å². The quantitative estimate of drug-likeness (QED) is 0.806. The number of ether oxygens (including phenoxy) is 1. The topological polar surface area (TPSA) is 46.5 Å². The van der Waals surface area contributed by atoms with Gasteiger partial charge in [-0.2, -0.15) is 0 Å². The van der Waals surface area contributed by atoms with Gasteiger partial charge in [0.1, 0.15) is 11.4 Å². The second-order valence-corrected chi connectivity index (χ2v) is 5.95. The molecule has 0 aliphatic carbocycles. The van der Waals surface area contributed by atoms with E-state index in [-0.39, 0.29) is 23.9 Å². The van der Waals surface area contributed by atoms with Gasteiger partial charge in [-0.15, -0.1) is 0 Å². The Balaban J connectivity index is 0.000000433. The fourth-order valence-corrected chi connectivity index (χ4v) is 1.62. The van der Waals surface area contributed by atoms with E-state index in [1.807, 2.05) is 58.0 Å². The zero-order valence-corrected chi connectivity index (χ0v) is 13.8. The number of carbonyl (C=O) groups is 1. The predicted octanol–water partition coefficient (Wildman–Crippen LogP) is 4.01. The molecular formula is C18H28O3. The van der Waals surface area contributed by atoms with Crippen LogP contribution in [-0.2, 0) is 4.79 Å².